The van der Waals surface area contributed by atoms with Crippen LogP contribution in [0.2, 0.25) is 0 Å². The van der Waals surface area contributed by atoms with Crippen LogP contribution in [0.1, 0.15) is 32.6 Å². The Kier molecular flexibility index (Phi) is 3.06. The van der Waals surface area contributed by atoms with Crippen LogP contribution in [0.5, 0.6) is 0 Å². The lowest BCUT2D eigenvalue weighted by atomic mass is 9.99. The minimum Gasteiger partial charge on any atom is -0.341 e. The molecule has 2 rings (SSSR count). The van der Waals surface area contributed by atoms with Crippen LogP contribution in [0.15, 0.2) is 0 Å². The molecule has 2 saturated heterocycles. The summed E-state index contributed by atoms with van der Waals surface area (Å²) in [5.41, 5.74) is 0. The van der Waals surface area contributed by atoms with Crippen molar-refractivity contribution in [3.63, 3.8) is 0 Å². The molecule has 3 heteroatoms. The molecule has 1 amide bonds. The number of carbonyl (C=O) groups excluding carboxylic acids is 1. The number of carbonyl (C=O) groups is 1. The molecular formula is C11H20N2O. The molecule has 0 aromatic rings. The molecule has 2 aliphatic heterocycles. The van der Waals surface area contributed by atoms with Gasteiger partial charge in [0.05, 0.1) is 6.04 Å². The Balaban J connectivity index is 1.89. The summed E-state index contributed by atoms with van der Waals surface area (Å²) in [5.74, 6) is 1.03. The van der Waals surface area contributed by atoms with Gasteiger partial charge in [-0.1, -0.05) is 6.92 Å². The molecule has 2 fully saturated rings. The number of nitrogens with zero attached hydrogens (tertiary/aromatic N) is 1. The van der Waals surface area contributed by atoms with Gasteiger partial charge in [0.15, 0.2) is 0 Å². The lowest BCUT2D eigenvalue weighted by molar-refractivity contribution is -0.134. The lowest BCUT2D eigenvalue weighted by Crippen LogP contribution is -2.47. The van der Waals surface area contributed by atoms with Gasteiger partial charge in [-0.05, 0) is 38.1 Å². The number of nitrogens with one attached hydrogen (secondary N) is 1. The highest BCUT2D eigenvalue weighted by atomic mass is 16.2. The molecule has 1 N–H and O–H groups in total. The van der Waals surface area contributed by atoms with E-state index in [-0.39, 0.29) is 6.04 Å². The molecule has 1 unspecified atom stereocenters. The SMILES string of the molecule is CC1CCCN(C(=O)[C@H]2CCCN2)C1. The van der Waals surface area contributed by atoms with Crippen molar-refractivity contribution in [2.45, 2.75) is 38.6 Å². The van der Waals surface area contributed by atoms with E-state index >= 15 is 0 Å². The topological polar surface area (TPSA) is 32.3 Å². The zero-order chi connectivity index (χ0) is 9.97. The standard InChI is InChI=1S/C11H20N2O/c1-9-4-3-7-13(8-9)11(14)10-5-2-6-12-10/h9-10,12H,2-8H2,1H3/t9?,10-/m1/s1. The van der Waals surface area contributed by atoms with Crippen molar-refractivity contribution in [1.82, 2.24) is 10.2 Å². The fourth-order valence-corrected chi connectivity index (χ4v) is 2.51. The van der Waals surface area contributed by atoms with E-state index in [9.17, 15) is 4.79 Å². The van der Waals surface area contributed by atoms with Crippen molar-refractivity contribution in [2.75, 3.05) is 19.6 Å². The molecule has 3 nitrogen and oxygen atoms in total. The number of likely N-dealkylation sites (tertiary alicyclic amines) is 1. The number of rotatable bonds is 1. The molecule has 0 aliphatic carbocycles. The number of piperidine rings is 1. The minimum absolute atomic E-state index is 0.125. The Morgan fingerprint density at radius 1 is 1.36 bits per heavy atom. The van der Waals surface area contributed by atoms with Crippen LogP contribution in [-0.4, -0.2) is 36.5 Å². The van der Waals surface area contributed by atoms with E-state index in [4.69, 9.17) is 0 Å². The molecule has 2 heterocycles. The quantitative estimate of drug-likeness (QED) is 0.678. The molecule has 2 atom stereocenters. The van der Waals surface area contributed by atoms with Crippen molar-refractivity contribution < 1.29 is 4.79 Å². The molecule has 0 radical (unpaired) electrons. The van der Waals surface area contributed by atoms with Gasteiger partial charge in [-0.15, -0.1) is 0 Å². The van der Waals surface area contributed by atoms with E-state index in [1.54, 1.807) is 0 Å². The summed E-state index contributed by atoms with van der Waals surface area (Å²) in [4.78, 5) is 14.1. The van der Waals surface area contributed by atoms with Gasteiger partial charge in [0.25, 0.3) is 0 Å². The smallest absolute Gasteiger partial charge is 0.239 e. The predicted octanol–water partition coefficient (Wildman–Crippen LogP) is 0.997. The van der Waals surface area contributed by atoms with Crippen LogP contribution in [0, 0.1) is 5.92 Å². The van der Waals surface area contributed by atoms with E-state index in [2.05, 4.69) is 17.1 Å². The highest BCUT2D eigenvalue weighted by molar-refractivity contribution is 5.82. The van der Waals surface area contributed by atoms with Gasteiger partial charge in [-0.3, -0.25) is 4.79 Å². The van der Waals surface area contributed by atoms with Gasteiger partial charge in [0.1, 0.15) is 0 Å². The van der Waals surface area contributed by atoms with Crippen LogP contribution in [0.3, 0.4) is 0 Å². The number of hydrogen-bond acceptors (Lipinski definition) is 2. The fourth-order valence-electron chi connectivity index (χ4n) is 2.51. The molecule has 0 aromatic carbocycles. The molecule has 14 heavy (non-hydrogen) atoms. The van der Waals surface area contributed by atoms with E-state index < -0.39 is 0 Å². The van der Waals surface area contributed by atoms with E-state index in [0.717, 1.165) is 32.5 Å². The van der Waals surface area contributed by atoms with E-state index in [1.165, 1.54) is 12.8 Å². The Morgan fingerprint density at radius 2 is 2.21 bits per heavy atom. The van der Waals surface area contributed by atoms with Crippen LogP contribution in [-0.2, 0) is 4.79 Å². The maximum atomic E-state index is 12.0. The summed E-state index contributed by atoms with van der Waals surface area (Å²) < 4.78 is 0. The molecule has 2 aliphatic rings. The lowest BCUT2D eigenvalue weighted by Gasteiger charge is -2.32. The Hall–Kier alpha value is -0.570. The fraction of sp³-hybridized carbons (Fsp3) is 0.909. The summed E-state index contributed by atoms with van der Waals surface area (Å²) in [6.07, 6.45) is 4.64. The molecule has 0 saturated carbocycles. The second-order valence-electron chi connectivity index (χ2n) is 4.68. The highest BCUT2D eigenvalue weighted by Crippen LogP contribution is 2.18. The van der Waals surface area contributed by atoms with Gasteiger partial charge in [0.2, 0.25) is 5.91 Å². The van der Waals surface area contributed by atoms with E-state index in [0.29, 0.717) is 11.8 Å². The summed E-state index contributed by atoms with van der Waals surface area (Å²) in [6, 6.07) is 0.125. The maximum Gasteiger partial charge on any atom is 0.239 e. The van der Waals surface area contributed by atoms with Crippen molar-refractivity contribution >= 4 is 5.91 Å². The van der Waals surface area contributed by atoms with E-state index in [1.807, 2.05) is 0 Å². The average molecular weight is 196 g/mol. The first-order valence-electron chi connectivity index (χ1n) is 5.79. The van der Waals surface area contributed by atoms with Gasteiger partial charge >= 0.3 is 0 Å². The van der Waals surface area contributed by atoms with Crippen molar-refractivity contribution in [2.24, 2.45) is 5.92 Å². The van der Waals surface area contributed by atoms with Crippen LogP contribution in [0.25, 0.3) is 0 Å². The average Bonchev–Trinajstić information content (AvgIpc) is 2.69. The highest BCUT2D eigenvalue weighted by Gasteiger charge is 2.28. The minimum atomic E-state index is 0.125. The predicted molar refractivity (Wildman–Crippen MR) is 56.0 cm³/mol. The summed E-state index contributed by atoms with van der Waals surface area (Å²) >= 11 is 0. The Morgan fingerprint density at radius 3 is 2.86 bits per heavy atom. The number of amides is 1. The zero-order valence-corrected chi connectivity index (χ0v) is 8.96. The third-order valence-corrected chi connectivity index (χ3v) is 3.33. The molecule has 0 aromatic heterocycles. The normalized spacial score (nSPS) is 33.4. The molecule has 0 bridgehead atoms. The van der Waals surface area contributed by atoms with Gasteiger partial charge < -0.3 is 10.2 Å². The molecule has 80 valence electrons. The van der Waals surface area contributed by atoms with Crippen molar-refractivity contribution in [3.05, 3.63) is 0 Å². The monoisotopic (exact) mass is 196 g/mol. The summed E-state index contributed by atoms with van der Waals surface area (Å²) in [5, 5.41) is 3.28. The van der Waals surface area contributed by atoms with Crippen LogP contribution < -0.4 is 5.32 Å². The maximum absolute atomic E-state index is 12.0. The van der Waals surface area contributed by atoms with Crippen LogP contribution >= 0.6 is 0 Å². The number of hydrogen-bond donors (Lipinski definition) is 1. The Bertz CT molecular complexity index is 211. The van der Waals surface area contributed by atoms with Gasteiger partial charge in [-0.2, -0.15) is 0 Å². The first-order valence-corrected chi connectivity index (χ1v) is 5.79. The second-order valence-corrected chi connectivity index (χ2v) is 4.68. The summed E-state index contributed by atoms with van der Waals surface area (Å²) in [7, 11) is 0. The first kappa shape index (κ1) is 9.97. The Labute approximate surface area is 85.8 Å². The second kappa shape index (κ2) is 4.30. The third-order valence-electron chi connectivity index (χ3n) is 3.33. The zero-order valence-electron chi connectivity index (χ0n) is 8.96. The van der Waals surface area contributed by atoms with Gasteiger partial charge in [-0.25, -0.2) is 0 Å². The van der Waals surface area contributed by atoms with Crippen molar-refractivity contribution in [1.29, 1.82) is 0 Å². The molecular weight excluding hydrogens is 176 g/mol. The van der Waals surface area contributed by atoms with Gasteiger partial charge in [0, 0.05) is 13.1 Å². The third kappa shape index (κ3) is 2.08. The largest absolute Gasteiger partial charge is 0.341 e. The van der Waals surface area contributed by atoms with Crippen LogP contribution in [0.4, 0.5) is 0 Å². The van der Waals surface area contributed by atoms with Crippen molar-refractivity contribution in [3.8, 4) is 0 Å². The molecule has 0 spiro atoms. The first-order chi connectivity index (χ1) is 6.77. The summed E-state index contributed by atoms with van der Waals surface area (Å²) in [6.45, 7) is 5.19.